The van der Waals surface area contributed by atoms with E-state index < -0.39 is 21.7 Å². The number of carbonyl (C=O) groups excluding carboxylic acids is 1. The molecule has 1 N–H and O–H groups in total. The monoisotopic (exact) mass is 462 g/mol. The van der Waals surface area contributed by atoms with Crippen molar-refractivity contribution in [3.63, 3.8) is 0 Å². The van der Waals surface area contributed by atoms with E-state index in [0.717, 1.165) is 23.6 Å². The average Bonchev–Trinajstić information content (AvgIpc) is 3.27. The minimum atomic E-state index is -3.70. The number of benzene rings is 2. The Morgan fingerprint density at radius 1 is 1.19 bits per heavy atom. The lowest BCUT2D eigenvalue weighted by Crippen LogP contribution is -2.44. The lowest BCUT2D eigenvalue weighted by atomic mass is 9.96. The van der Waals surface area contributed by atoms with Gasteiger partial charge < -0.3 is 4.90 Å². The fraction of sp³-hybridized carbons (Fsp3) is 0.364. The van der Waals surface area contributed by atoms with Gasteiger partial charge in [-0.2, -0.15) is 9.40 Å². The van der Waals surface area contributed by atoms with Crippen LogP contribution in [0.1, 0.15) is 25.3 Å². The number of piperidine rings is 1. The highest BCUT2D eigenvalue weighted by Gasteiger charge is 2.34. The summed E-state index contributed by atoms with van der Waals surface area (Å²) in [5.41, 5.74) is 0.758. The second-order valence-corrected chi connectivity index (χ2v) is 9.82. The Balaban J connectivity index is 1.42. The van der Waals surface area contributed by atoms with Crippen LogP contribution in [0.3, 0.4) is 0 Å². The van der Waals surface area contributed by atoms with Gasteiger partial charge in [0, 0.05) is 43.0 Å². The summed E-state index contributed by atoms with van der Waals surface area (Å²) in [6.45, 7) is 2.52. The van der Waals surface area contributed by atoms with Crippen LogP contribution in [0, 0.1) is 17.6 Å². The number of hydrogen-bond acceptors (Lipinski definition) is 4. The lowest BCUT2D eigenvalue weighted by Gasteiger charge is -2.33. The van der Waals surface area contributed by atoms with Gasteiger partial charge in [-0.1, -0.05) is 0 Å². The fourth-order valence-corrected chi connectivity index (χ4v) is 5.54. The molecular weight excluding hydrogens is 438 g/mol. The molecule has 0 bridgehead atoms. The molecule has 2 heterocycles. The van der Waals surface area contributed by atoms with Crippen LogP contribution in [0.4, 0.5) is 8.78 Å². The number of aromatic nitrogens is 2. The Morgan fingerprint density at radius 3 is 2.66 bits per heavy atom. The van der Waals surface area contributed by atoms with Gasteiger partial charge in [-0.3, -0.25) is 9.89 Å². The Kier molecular flexibility index (Phi) is 6.25. The maximum atomic E-state index is 14.0. The van der Waals surface area contributed by atoms with Crippen molar-refractivity contribution in [1.82, 2.24) is 19.4 Å². The number of rotatable bonds is 6. The van der Waals surface area contributed by atoms with Crippen molar-refractivity contribution in [3.8, 4) is 0 Å². The summed E-state index contributed by atoms with van der Waals surface area (Å²) in [6, 6.07) is 7.99. The van der Waals surface area contributed by atoms with Crippen LogP contribution in [0.2, 0.25) is 0 Å². The number of aromatic amines is 1. The van der Waals surface area contributed by atoms with Crippen LogP contribution in [0.15, 0.2) is 47.5 Å². The van der Waals surface area contributed by atoms with E-state index in [0.29, 0.717) is 24.9 Å². The average molecular weight is 463 g/mol. The van der Waals surface area contributed by atoms with Gasteiger partial charge in [0.2, 0.25) is 15.9 Å². The number of amides is 1. The van der Waals surface area contributed by atoms with E-state index in [1.807, 2.05) is 0 Å². The molecule has 10 heteroatoms. The maximum absolute atomic E-state index is 14.0. The quantitative estimate of drug-likeness (QED) is 0.609. The highest BCUT2D eigenvalue weighted by molar-refractivity contribution is 7.89. The third-order valence-electron chi connectivity index (χ3n) is 5.92. The van der Waals surface area contributed by atoms with Crippen molar-refractivity contribution in [1.29, 1.82) is 0 Å². The molecule has 0 saturated carbocycles. The van der Waals surface area contributed by atoms with E-state index in [9.17, 15) is 22.0 Å². The number of nitrogens with zero attached hydrogens (tertiary/aromatic N) is 3. The number of sulfonamides is 1. The first-order valence-corrected chi connectivity index (χ1v) is 11.9. The molecule has 7 nitrogen and oxygen atoms in total. The topological polar surface area (TPSA) is 86.4 Å². The van der Waals surface area contributed by atoms with E-state index >= 15 is 0 Å². The predicted molar refractivity (Wildman–Crippen MR) is 115 cm³/mol. The van der Waals surface area contributed by atoms with Crippen LogP contribution in [-0.2, 0) is 21.4 Å². The van der Waals surface area contributed by atoms with E-state index in [-0.39, 0.29) is 41.9 Å². The minimum Gasteiger partial charge on any atom is -0.338 e. The standard InChI is InChI=1S/C22H24F2N4O3S/c1-2-27(14-17-11-18(23)4-6-20(17)24)22(29)15-7-9-28(10-8-15)32(30,31)19-5-3-16-13-25-26-21(16)12-19/h3-6,11-13,15H,2,7-10,14H2,1H3,(H,25,26). The Labute approximate surface area is 185 Å². The third kappa shape index (κ3) is 4.37. The molecule has 4 rings (SSSR count). The number of nitrogens with one attached hydrogen (secondary N) is 1. The second kappa shape index (κ2) is 8.95. The first-order chi connectivity index (χ1) is 15.3. The summed E-state index contributed by atoms with van der Waals surface area (Å²) >= 11 is 0. The van der Waals surface area contributed by atoms with Crippen LogP contribution >= 0.6 is 0 Å². The molecule has 1 aliphatic rings. The van der Waals surface area contributed by atoms with Crippen molar-refractivity contribution in [2.24, 2.45) is 5.92 Å². The molecule has 0 atom stereocenters. The predicted octanol–water partition coefficient (Wildman–Crippen LogP) is 3.29. The largest absolute Gasteiger partial charge is 0.338 e. The van der Waals surface area contributed by atoms with Gasteiger partial charge in [0.25, 0.3) is 0 Å². The molecule has 1 aliphatic heterocycles. The Hall–Kier alpha value is -2.85. The van der Waals surface area contributed by atoms with Gasteiger partial charge in [-0.15, -0.1) is 0 Å². The zero-order chi connectivity index (χ0) is 22.9. The molecule has 1 amide bonds. The van der Waals surface area contributed by atoms with Crippen LogP contribution in [0.25, 0.3) is 10.9 Å². The number of carbonyl (C=O) groups is 1. The van der Waals surface area contributed by atoms with Crippen molar-refractivity contribution >= 4 is 26.8 Å². The van der Waals surface area contributed by atoms with Crippen LogP contribution in [0.5, 0.6) is 0 Å². The van der Waals surface area contributed by atoms with Gasteiger partial charge >= 0.3 is 0 Å². The summed E-state index contributed by atoms with van der Waals surface area (Å²) in [5.74, 6) is -1.66. The van der Waals surface area contributed by atoms with E-state index in [2.05, 4.69) is 10.2 Å². The van der Waals surface area contributed by atoms with Crippen molar-refractivity contribution in [2.75, 3.05) is 19.6 Å². The minimum absolute atomic E-state index is 0.0262. The van der Waals surface area contributed by atoms with E-state index in [1.54, 1.807) is 31.3 Å². The Bertz CT molecular complexity index is 1240. The lowest BCUT2D eigenvalue weighted by molar-refractivity contribution is -0.137. The van der Waals surface area contributed by atoms with Gasteiger partial charge in [0.15, 0.2) is 0 Å². The first kappa shape index (κ1) is 22.3. The smallest absolute Gasteiger partial charge is 0.243 e. The Morgan fingerprint density at radius 2 is 1.94 bits per heavy atom. The molecule has 1 saturated heterocycles. The zero-order valence-electron chi connectivity index (χ0n) is 17.6. The number of H-pyrrole nitrogens is 1. The molecule has 32 heavy (non-hydrogen) atoms. The second-order valence-electron chi connectivity index (χ2n) is 7.89. The van der Waals surface area contributed by atoms with Gasteiger partial charge in [-0.05, 0) is 56.2 Å². The molecule has 2 aromatic carbocycles. The van der Waals surface area contributed by atoms with Crippen molar-refractivity contribution in [3.05, 3.63) is 59.8 Å². The summed E-state index contributed by atoms with van der Waals surface area (Å²) < 4.78 is 55.0. The van der Waals surface area contributed by atoms with Gasteiger partial charge in [0.05, 0.1) is 16.6 Å². The zero-order valence-corrected chi connectivity index (χ0v) is 18.4. The molecule has 3 aromatic rings. The van der Waals surface area contributed by atoms with E-state index in [4.69, 9.17) is 0 Å². The van der Waals surface area contributed by atoms with Gasteiger partial charge in [0.1, 0.15) is 11.6 Å². The molecule has 0 spiro atoms. The fourth-order valence-electron chi connectivity index (χ4n) is 4.04. The molecule has 1 fully saturated rings. The molecule has 170 valence electrons. The molecule has 0 unspecified atom stereocenters. The molecule has 0 aliphatic carbocycles. The first-order valence-electron chi connectivity index (χ1n) is 10.5. The number of hydrogen-bond donors (Lipinski definition) is 1. The highest BCUT2D eigenvalue weighted by atomic mass is 32.2. The van der Waals surface area contributed by atoms with Crippen molar-refractivity contribution < 1.29 is 22.0 Å². The normalized spacial score (nSPS) is 15.8. The summed E-state index contributed by atoms with van der Waals surface area (Å²) in [4.78, 5) is 14.7. The van der Waals surface area contributed by atoms with Crippen molar-refractivity contribution in [2.45, 2.75) is 31.2 Å². The third-order valence-corrected chi connectivity index (χ3v) is 7.81. The molecule has 0 radical (unpaired) electrons. The summed E-state index contributed by atoms with van der Waals surface area (Å²) in [5, 5.41) is 7.50. The SMILES string of the molecule is CCN(Cc1cc(F)ccc1F)C(=O)C1CCN(S(=O)(=O)c2ccc3cn[nH]c3c2)CC1. The molecular formula is C22H24F2N4O3S. The summed E-state index contributed by atoms with van der Waals surface area (Å²) in [7, 11) is -3.70. The number of fused-ring (bicyclic) bond motifs is 1. The summed E-state index contributed by atoms with van der Waals surface area (Å²) in [6.07, 6.45) is 2.36. The number of halogens is 2. The molecule has 1 aromatic heterocycles. The van der Waals surface area contributed by atoms with E-state index in [1.165, 1.54) is 9.21 Å². The van der Waals surface area contributed by atoms with Crippen LogP contribution < -0.4 is 0 Å². The van der Waals surface area contributed by atoms with Crippen LogP contribution in [-0.4, -0.2) is 53.4 Å². The highest BCUT2D eigenvalue weighted by Crippen LogP contribution is 2.27. The maximum Gasteiger partial charge on any atom is 0.243 e. The van der Waals surface area contributed by atoms with Gasteiger partial charge in [-0.25, -0.2) is 17.2 Å².